The molecule has 0 fully saturated rings. The van der Waals surface area contributed by atoms with Crippen molar-refractivity contribution >= 4 is 0 Å². The standard InChI is InChI=1S/C6H7F/c1-3-5-6(7)4-2/h2-3,5-6H,1H3/b5-3-. The second-order valence-electron chi connectivity index (χ2n) is 1.09. The number of rotatable bonds is 1. The van der Waals surface area contributed by atoms with E-state index >= 15 is 0 Å². The summed E-state index contributed by atoms with van der Waals surface area (Å²) in [6.07, 6.45) is 6.39. The number of hydrogen-bond donors (Lipinski definition) is 0. The van der Waals surface area contributed by atoms with Gasteiger partial charge >= 0.3 is 0 Å². The van der Waals surface area contributed by atoms with Crippen molar-refractivity contribution in [1.82, 2.24) is 0 Å². The minimum absolute atomic E-state index is 1.20. The summed E-state index contributed by atoms with van der Waals surface area (Å²) in [4.78, 5) is 0. The lowest BCUT2D eigenvalue weighted by Crippen LogP contribution is -1.84. The van der Waals surface area contributed by atoms with Crippen LogP contribution in [-0.2, 0) is 0 Å². The fraction of sp³-hybridized carbons (Fsp3) is 0.333. The maximum absolute atomic E-state index is 11.8. The average Bonchev–Trinajstić information content (AvgIpc) is 1.68. The van der Waals surface area contributed by atoms with Gasteiger partial charge < -0.3 is 0 Å². The highest BCUT2D eigenvalue weighted by atomic mass is 19.1. The van der Waals surface area contributed by atoms with Gasteiger partial charge in [-0.3, -0.25) is 0 Å². The van der Waals surface area contributed by atoms with Crippen molar-refractivity contribution < 1.29 is 4.39 Å². The summed E-state index contributed by atoms with van der Waals surface area (Å²) in [5.74, 6) is 1.91. The van der Waals surface area contributed by atoms with E-state index in [0.29, 0.717) is 0 Å². The third kappa shape index (κ3) is 3.05. The van der Waals surface area contributed by atoms with Crippen LogP contribution in [0.25, 0.3) is 0 Å². The molecule has 0 aromatic rings. The van der Waals surface area contributed by atoms with Crippen molar-refractivity contribution in [2.45, 2.75) is 13.1 Å². The lowest BCUT2D eigenvalue weighted by molar-refractivity contribution is 0.482. The predicted molar refractivity (Wildman–Crippen MR) is 28.5 cm³/mol. The Kier molecular flexibility index (Phi) is 3.04. The van der Waals surface area contributed by atoms with Gasteiger partial charge in [-0.25, -0.2) is 4.39 Å². The molecule has 1 unspecified atom stereocenters. The molecule has 0 rings (SSSR count). The Labute approximate surface area is 43.0 Å². The largest absolute Gasteiger partial charge is 0.229 e. The molecule has 0 aromatic carbocycles. The minimum atomic E-state index is -1.20. The van der Waals surface area contributed by atoms with Gasteiger partial charge in [0.25, 0.3) is 0 Å². The van der Waals surface area contributed by atoms with Crippen LogP contribution >= 0.6 is 0 Å². The van der Waals surface area contributed by atoms with Gasteiger partial charge in [0.15, 0.2) is 6.17 Å². The number of halogens is 1. The van der Waals surface area contributed by atoms with E-state index in [-0.39, 0.29) is 0 Å². The van der Waals surface area contributed by atoms with Crippen molar-refractivity contribution in [3.8, 4) is 12.3 Å². The molecule has 0 amide bonds. The first-order valence-corrected chi connectivity index (χ1v) is 2.04. The number of hydrogen-bond acceptors (Lipinski definition) is 0. The first-order chi connectivity index (χ1) is 3.31. The number of alkyl halides is 1. The van der Waals surface area contributed by atoms with Crippen molar-refractivity contribution in [3.05, 3.63) is 12.2 Å². The quantitative estimate of drug-likeness (QED) is 0.344. The molecule has 0 N–H and O–H groups in total. The van der Waals surface area contributed by atoms with Crippen LogP contribution in [0.2, 0.25) is 0 Å². The molecule has 0 aliphatic heterocycles. The summed E-state index contributed by atoms with van der Waals surface area (Å²) in [5.41, 5.74) is 0. The lowest BCUT2D eigenvalue weighted by atomic mass is 10.4. The van der Waals surface area contributed by atoms with E-state index in [9.17, 15) is 4.39 Å². The topological polar surface area (TPSA) is 0 Å². The van der Waals surface area contributed by atoms with Crippen molar-refractivity contribution in [2.75, 3.05) is 0 Å². The fourth-order valence-corrected chi connectivity index (χ4v) is 0.225. The molecule has 0 bridgehead atoms. The summed E-state index contributed by atoms with van der Waals surface area (Å²) in [5, 5.41) is 0. The highest BCUT2D eigenvalue weighted by Gasteiger charge is 1.87. The van der Waals surface area contributed by atoms with Crippen LogP contribution < -0.4 is 0 Å². The van der Waals surface area contributed by atoms with Gasteiger partial charge in [0.2, 0.25) is 0 Å². The third-order valence-electron chi connectivity index (χ3n) is 0.521. The molecule has 0 aliphatic carbocycles. The van der Waals surface area contributed by atoms with Gasteiger partial charge in [0.1, 0.15) is 0 Å². The molecule has 0 aliphatic rings. The van der Waals surface area contributed by atoms with E-state index in [4.69, 9.17) is 0 Å². The highest BCUT2D eigenvalue weighted by molar-refractivity contribution is 5.05. The average molecular weight is 98.1 g/mol. The van der Waals surface area contributed by atoms with Crippen molar-refractivity contribution in [1.29, 1.82) is 0 Å². The van der Waals surface area contributed by atoms with Crippen LogP contribution in [-0.4, -0.2) is 6.17 Å². The monoisotopic (exact) mass is 98.1 g/mol. The second kappa shape index (κ2) is 3.42. The predicted octanol–water partition coefficient (Wildman–Crippen LogP) is 1.53. The SMILES string of the molecule is C#CC(F)/C=C\C. The van der Waals surface area contributed by atoms with E-state index < -0.39 is 6.17 Å². The van der Waals surface area contributed by atoms with E-state index in [2.05, 4.69) is 6.42 Å². The van der Waals surface area contributed by atoms with Crippen molar-refractivity contribution in [3.63, 3.8) is 0 Å². The molecule has 0 heterocycles. The van der Waals surface area contributed by atoms with Crippen LogP contribution in [0.15, 0.2) is 12.2 Å². The third-order valence-corrected chi connectivity index (χ3v) is 0.521. The summed E-state index contributed by atoms with van der Waals surface area (Å²) in [6, 6.07) is 0. The van der Waals surface area contributed by atoms with Crippen LogP contribution in [0, 0.1) is 12.3 Å². The first kappa shape index (κ1) is 6.23. The Morgan fingerprint density at radius 1 is 1.86 bits per heavy atom. The molecule has 0 saturated carbocycles. The Balaban J connectivity index is 3.42. The zero-order valence-corrected chi connectivity index (χ0v) is 4.19. The van der Waals surface area contributed by atoms with Gasteiger partial charge in [-0.05, 0) is 13.0 Å². The van der Waals surface area contributed by atoms with Gasteiger partial charge in [-0.2, -0.15) is 0 Å². The van der Waals surface area contributed by atoms with Crippen molar-refractivity contribution in [2.24, 2.45) is 0 Å². The molecule has 0 spiro atoms. The minimum Gasteiger partial charge on any atom is -0.229 e. The van der Waals surface area contributed by atoms with E-state index in [1.807, 2.05) is 5.92 Å². The molecule has 0 nitrogen and oxygen atoms in total. The Bertz CT molecular complexity index is 97.2. The molecule has 0 saturated heterocycles. The molecule has 0 radical (unpaired) electrons. The van der Waals surface area contributed by atoms with Gasteiger partial charge in [-0.15, -0.1) is 6.42 Å². The van der Waals surface area contributed by atoms with Gasteiger partial charge in [0, 0.05) is 0 Å². The van der Waals surface area contributed by atoms with Gasteiger partial charge in [-0.1, -0.05) is 12.0 Å². The molecule has 7 heavy (non-hydrogen) atoms. The summed E-state index contributed by atoms with van der Waals surface area (Å²) >= 11 is 0. The smallest absolute Gasteiger partial charge is 0.178 e. The number of allylic oxidation sites excluding steroid dienone is 2. The summed E-state index contributed by atoms with van der Waals surface area (Å²) in [6.45, 7) is 1.73. The maximum Gasteiger partial charge on any atom is 0.178 e. The normalized spacial score (nSPS) is 13.9. The Morgan fingerprint density at radius 3 is 2.57 bits per heavy atom. The van der Waals surface area contributed by atoms with E-state index in [1.54, 1.807) is 13.0 Å². The number of terminal acetylenes is 1. The zero-order chi connectivity index (χ0) is 5.70. The molecule has 1 atom stereocenters. The maximum atomic E-state index is 11.8. The lowest BCUT2D eigenvalue weighted by Gasteiger charge is -1.82. The highest BCUT2D eigenvalue weighted by Crippen LogP contribution is 1.87. The summed E-state index contributed by atoms with van der Waals surface area (Å²) in [7, 11) is 0. The van der Waals surface area contributed by atoms with E-state index in [1.165, 1.54) is 6.08 Å². The van der Waals surface area contributed by atoms with Gasteiger partial charge in [0.05, 0.1) is 0 Å². The summed E-state index contributed by atoms with van der Waals surface area (Å²) < 4.78 is 11.8. The van der Waals surface area contributed by atoms with Crippen LogP contribution in [0.4, 0.5) is 4.39 Å². The molecule has 38 valence electrons. The molecule has 0 aromatic heterocycles. The first-order valence-electron chi connectivity index (χ1n) is 2.04. The molecule has 1 heteroatoms. The van der Waals surface area contributed by atoms with Crippen LogP contribution in [0.3, 0.4) is 0 Å². The van der Waals surface area contributed by atoms with Crippen LogP contribution in [0.1, 0.15) is 6.92 Å². The Hall–Kier alpha value is -0.770. The molecular weight excluding hydrogens is 91.1 g/mol. The fourth-order valence-electron chi connectivity index (χ4n) is 0.225. The van der Waals surface area contributed by atoms with E-state index in [0.717, 1.165) is 0 Å². The van der Waals surface area contributed by atoms with Crippen LogP contribution in [0.5, 0.6) is 0 Å². The molecular formula is C6H7F. The Morgan fingerprint density at radius 2 is 2.43 bits per heavy atom. The second-order valence-corrected chi connectivity index (χ2v) is 1.09. The zero-order valence-electron chi connectivity index (χ0n) is 4.19.